The summed E-state index contributed by atoms with van der Waals surface area (Å²) < 4.78 is 48.6. The molecule has 1 aliphatic carbocycles. The van der Waals surface area contributed by atoms with Gasteiger partial charge in [-0.15, -0.1) is 0 Å². The summed E-state index contributed by atoms with van der Waals surface area (Å²) in [5.74, 6) is -0.605. The molecule has 3 aromatic carbocycles. The van der Waals surface area contributed by atoms with E-state index in [0.717, 1.165) is 12.0 Å². The van der Waals surface area contributed by atoms with E-state index in [2.05, 4.69) is 4.90 Å². The number of benzene rings is 3. The van der Waals surface area contributed by atoms with Crippen molar-refractivity contribution < 1.29 is 32.6 Å². The minimum Gasteiger partial charge on any atom is -0.486 e. The average Bonchev–Trinajstić information content (AvgIpc) is 3.67. The van der Waals surface area contributed by atoms with Crippen LogP contribution in [0.15, 0.2) is 52.9 Å². The van der Waals surface area contributed by atoms with Crippen molar-refractivity contribution in [3.8, 4) is 33.9 Å². The van der Waals surface area contributed by atoms with Crippen LogP contribution in [-0.4, -0.2) is 42.3 Å². The molecule has 2 aliphatic heterocycles. The standard InChI is InChI=1S/C30H25F2NO5/c31-27-19(16-4-7-24-26(13-16)37-11-10-36-24)2-1-3-21(27)25-14-18-12-22-20(28(32)29(18)38-25)5-6-23(22)33-9-8-17(15-33)30(34)35/h1-4,7,12-14,17,23H,5-6,8-11,15H2,(H,34,35). The van der Waals surface area contributed by atoms with E-state index in [-0.39, 0.29) is 22.9 Å². The maximum atomic E-state index is 15.8. The summed E-state index contributed by atoms with van der Waals surface area (Å²) in [7, 11) is 0. The zero-order valence-electron chi connectivity index (χ0n) is 20.5. The molecule has 0 bridgehead atoms. The predicted octanol–water partition coefficient (Wildman–Crippen LogP) is 6.21. The third-order valence-corrected chi connectivity index (χ3v) is 8.04. The SMILES string of the molecule is O=C(O)C1CCN(C2CCc3c2cc2cc(-c4cccc(-c5ccc6c(c5)OCCO6)c4F)oc2c3F)C1. The lowest BCUT2D eigenvalue weighted by Gasteiger charge is -2.24. The number of fused-ring (bicyclic) bond motifs is 3. The summed E-state index contributed by atoms with van der Waals surface area (Å²) in [4.78, 5) is 13.6. The number of rotatable bonds is 4. The molecule has 38 heavy (non-hydrogen) atoms. The van der Waals surface area contributed by atoms with Crippen molar-refractivity contribution >= 4 is 16.9 Å². The number of halogens is 2. The molecule has 8 heteroatoms. The highest BCUT2D eigenvalue weighted by Crippen LogP contribution is 2.44. The molecule has 1 saturated heterocycles. The Labute approximate surface area is 217 Å². The average molecular weight is 518 g/mol. The van der Waals surface area contributed by atoms with Crippen LogP contribution < -0.4 is 9.47 Å². The van der Waals surface area contributed by atoms with Gasteiger partial charge in [0.2, 0.25) is 0 Å². The molecule has 0 saturated carbocycles. The monoisotopic (exact) mass is 517 g/mol. The Bertz CT molecular complexity index is 1600. The highest BCUT2D eigenvalue weighted by molar-refractivity contribution is 5.86. The van der Waals surface area contributed by atoms with E-state index in [9.17, 15) is 9.90 Å². The molecule has 6 nitrogen and oxygen atoms in total. The second-order valence-electron chi connectivity index (χ2n) is 10.2. The van der Waals surface area contributed by atoms with Crippen molar-refractivity contribution in [1.82, 2.24) is 4.90 Å². The Morgan fingerprint density at radius 2 is 1.76 bits per heavy atom. The molecule has 3 aliphatic rings. The van der Waals surface area contributed by atoms with Crippen LogP contribution in [0.1, 0.15) is 30.0 Å². The predicted molar refractivity (Wildman–Crippen MR) is 136 cm³/mol. The van der Waals surface area contributed by atoms with E-state index in [1.54, 1.807) is 42.5 Å². The first kappa shape index (κ1) is 23.2. The number of carboxylic acid groups (broad SMARTS) is 1. The van der Waals surface area contributed by atoms with Crippen molar-refractivity contribution in [3.63, 3.8) is 0 Å². The van der Waals surface area contributed by atoms with Gasteiger partial charge in [0.1, 0.15) is 24.8 Å². The van der Waals surface area contributed by atoms with Crippen LogP contribution in [0.2, 0.25) is 0 Å². The molecular weight excluding hydrogens is 492 g/mol. The van der Waals surface area contributed by atoms with Crippen LogP contribution in [-0.2, 0) is 11.2 Å². The molecular formula is C30H25F2NO5. The van der Waals surface area contributed by atoms with Crippen LogP contribution in [0.4, 0.5) is 8.78 Å². The molecule has 1 fully saturated rings. The lowest BCUT2D eigenvalue weighted by atomic mass is 10.00. The summed E-state index contributed by atoms with van der Waals surface area (Å²) >= 11 is 0. The van der Waals surface area contributed by atoms with Crippen LogP contribution >= 0.6 is 0 Å². The largest absolute Gasteiger partial charge is 0.486 e. The van der Waals surface area contributed by atoms with Gasteiger partial charge in [-0.2, -0.15) is 0 Å². The van der Waals surface area contributed by atoms with Crippen molar-refractivity contribution in [2.75, 3.05) is 26.3 Å². The molecule has 1 aromatic heterocycles. The number of hydrogen-bond donors (Lipinski definition) is 1. The zero-order valence-corrected chi connectivity index (χ0v) is 20.5. The fourth-order valence-corrected chi connectivity index (χ4v) is 6.13. The molecule has 1 N–H and O–H groups in total. The van der Waals surface area contributed by atoms with Crippen molar-refractivity contribution in [2.24, 2.45) is 5.92 Å². The van der Waals surface area contributed by atoms with Gasteiger partial charge >= 0.3 is 5.97 Å². The molecule has 4 aromatic rings. The molecule has 0 amide bonds. The molecule has 2 atom stereocenters. The molecule has 0 radical (unpaired) electrons. The smallest absolute Gasteiger partial charge is 0.307 e. The van der Waals surface area contributed by atoms with Crippen molar-refractivity contribution in [3.05, 3.63) is 71.3 Å². The zero-order chi connectivity index (χ0) is 26.0. The summed E-state index contributed by atoms with van der Waals surface area (Å²) in [6.07, 6.45) is 1.89. The maximum absolute atomic E-state index is 15.8. The van der Waals surface area contributed by atoms with Crippen LogP contribution in [0.25, 0.3) is 33.4 Å². The quantitative estimate of drug-likeness (QED) is 0.347. The van der Waals surface area contributed by atoms with Gasteiger partial charge in [-0.25, -0.2) is 8.78 Å². The number of hydrogen-bond acceptors (Lipinski definition) is 5. The number of likely N-dealkylation sites (tertiary alicyclic amines) is 1. The number of carbonyl (C=O) groups is 1. The minimum atomic E-state index is -0.785. The first-order valence-corrected chi connectivity index (χ1v) is 12.9. The number of furan rings is 1. The van der Waals surface area contributed by atoms with E-state index in [4.69, 9.17) is 13.9 Å². The van der Waals surface area contributed by atoms with Gasteiger partial charge in [0, 0.05) is 23.5 Å². The Morgan fingerprint density at radius 1 is 0.947 bits per heavy atom. The number of nitrogens with zero attached hydrogens (tertiary/aromatic N) is 1. The van der Waals surface area contributed by atoms with Crippen LogP contribution in [0.5, 0.6) is 11.5 Å². The first-order valence-electron chi connectivity index (χ1n) is 12.9. The summed E-state index contributed by atoms with van der Waals surface area (Å²) in [6, 6.07) is 14.0. The molecule has 3 heterocycles. The van der Waals surface area contributed by atoms with Gasteiger partial charge in [-0.3, -0.25) is 9.69 Å². The van der Waals surface area contributed by atoms with E-state index in [1.807, 2.05) is 6.07 Å². The minimum absolute atomic E-state index is 0.0260. The first-order chi connectivity index (χ1) is 18.5. The molecule has 2 unspecified atom stereocenters. The fraction of sp³-hybridized carbons (Fsp3) is 0.300. The second kappa shape index (κ2) is 8.84. The van der Waals surface area contributed by atoms with Gasteiger partial charge < -0.3 is 19.0 Å². The van der Waals surface area contributed by atoms with Crippen LogP contribution in [0, 0.1) is 17.6 Å². The lowest BCUT2D eigenvalue weighted by Crippen LogP contribution is -2.26. The van der Waals surface area contributed by atoms with E-state index in [0.29, 0.717) is 72.7 Å². The van der Waals surface area contributed by atoms with Gasteiger partial charge in [0.25, 0.3) is 0 Å². The van der Waals surface area contributed by atoms with Crippen molar-refractivity contribution in [1.29, 1.82) is 0 Å². The Morgan fingerprint density at radius 3 is 2.58 bits per heavy atom. The third kappa shape index (κ3) is 3.66. The third-order valence-electron chi connectivity index (χ3n) is 8.04. The Kier molecular flexibility index (Phi) is 5.40. The highest BCUT2D eigenvalue weighted by Gasteiger charge is 2.37. The van der Waals surface area contributed by atoms with Crippen molar-refractivity contribution in [2.45, 2.75) is 25.3 Å². The molecule has 7 rings (SSSR count). The normalized spacial score (nSPS) is 20.7. The van der Waals surface area contributed by atoms with Gasteiger partial charge in [0.05, 0.1) is 11.5 Å². The summed E-state index contributed by atoms with van der Waals surface area (Å²) in [5, 5.41) is 9.96. The van der Waals surface area contributed by atoms with Gasteiger partial charge in [-0.05, 0) is 72.8 Å². The maximum Gasteiger partial charge on any atom is 0.307 e. The molecule has 194 valence electrons. The number of carboxylic acids is 1. The summed E-state index contributed by atoms with van der Waals surface area (Å²) in [6.45, 7) is 2.05. The Balaban J connectivity index is 1.25. The lowest BCUT2D eigenvalue weighted by molar-refractivity contribution is -0.141. The summed E-state index contributed by atoms with van der Waals surface area (Å²) in [5.41, 5.74) is 2.86. The highest BCUT2D eigenvalue weighted by atomic mass is 19.1. The molecule has 0 spiro atoms. The number of ether oxygens (including phenoxy) is 2. The van der Waals surface area contributed by atoms with Crippen LogP contribution in [0.3, 0.4) is 0 Å². The fourth-order valence-electron chi connectivity index (χ4n) is 6.13. The number of aliphatic carboxylic acids is 1. The van der Waals surface area contributed by atoms with E-state index < -0.39 is 23.5 Å². The van der Waals surface area contributed by atoms with Gasteiger partial charge in [0.15, 0.2) is 22.9 Å². The van der Waals surface area contributed by atoms with Gasteiger partial charge in [-0.1, -0.05) is 18.2 Å². The van der Waals surface area contributed by atoms with E-state index in [1.165, 1.54) is 0 Å². The second-order valence-corrected chi connectivity index (χ2v) is 10.2. The topological polar surface area (TPSA) is 72.1 Å². The Hall–Kier alpha value is -3.91. The van der Waals surface area contributed by atoms with E-state index >= 15 is 8.78 Å².